The third-order valence-corrected chi connectivity index (χ3v) is 3.61. The highest BCUT2D eigenvalue weighted by Gasteiger charge is 2.23. The fraction of sp³-hybridized carbons (Fsp3) is 0.692. The largest absolute Gasteiger partial charge is 0.356 e. The van der Waals surface area contributed by atoms with Crippen molar-refractivity contribution >= 4 is 5.91 Å². The van der Waals surface area contributed by atoms with Crippen LogP contribution in [-0.4, -0.2) is 28.3 Å². The summed E-state index contributed by atoms with van der Waals surface area (Å²) < 4.78 is 1.78. The molecule has 0 radical (unpaired) electrons. The number of carbonyl (C=O) groups excluding carboxylic acids is 1. The van der Waals surface area contributed by atoms with Crippen molar-refractivity contribution in [1.82, 2.24) is 15.1 Å². The number of rotatable bonds is 4. The summed E-state index contributed by atoms with van der Waals surface area (Å²) in [5, 5.41) is 7.11. The molecule has 5 nitrogen and oxygen atoms in total. The van der Waals surface area contributed by atoms with Crippen LogP contribution in [0.1, 0.15) is 31.2 Å². The molecule has 0 aliphatic heterocycles. The van der Waals surface area contributed by atoms with Gasteiger partial charge in [0, 0.05) is 31.7 Å². The zero-order valence-electron chi connectivity index (χ0n) is 10.9. The standard InChI is InChI=1S/C13H22N4O/c1-17-9-10(8-16-17)6-7-15-13(18)11-2-4-12(14)5-3-11/h8-9,11-12H,2-7,14H2,1H3,(H,15,18). The molecule has 1 amide bonds. The predicted octanol–water partition coefficient (Wildman–Crippen LogP) is 0.596. The van der Waals surface area contributed by atoms with Gasteiger partial charge in [0.2, 0.25) is 5.91 Å². The van der Waals surface area contributed by atoms with Gasteiger partial charge in [0.25, 0.3) is 0 Å². The van der Waals surface area contributed by atoms with Crippen molar-refractivity contribution in [1.29, 1.82) is 0 Å². The average Bonchev–Trinajstić information content (AvgIpc) is 2.76. The van der Waals surface area contributed by atoms with E-state index in [0.29, 0.717) is 12.6 Å². The Morgan fingerprint density at radius 3 is 2.83 bits per heavy atom. The Morgan fingerprint density at radius 2 is 2.22 bits per heavy atom. The van der Waals surface area contributed by atoms with E-state index in [-0.39, 0.29) is 11.8 Å². The van der Waals surface area contributed by atoms with Gasteiger partial charge in [-0.3, -0.25) is 9.48 Å². The lowest BCUT2D eigenvalue weighted by Gasteiger charge is -2.25. The number of hydrogen-bond acceptors (Lipinski definition) is 3. The zero-order valence-corrected chi connectivity index (χ0v) is 10.9. The van der Waals surface area contributed by atoms with Gasteiger partial charge in [-0.15, -0.1) is 0 Å². The van der Waals surface area contributed by atoms with Crippen molar-refractivity contribution in [3.63, 3.8) is 0 Å². The number of amides is 1. The minimum absolute atomic E-state index is 0.165. The summed E-state index contributed by atoms with van der Waals surface area (Å²) in [4.78, 5) is 11.9. The number of nitrogens with one attached hydrogen (secondary N) is 1. The quantitative estimate of drug-likeness (QED) is 0.821. The first-order valence-corrected chi connectivity index (χ1v) is 6.66. The highest BCUT2D eigenvalue weighted by Crippen LogP contribution is 2.23. The molecule has 100 valence electrons. The summed E-state index contributed by atoms with van der Waals surface area (Å²) >= 11 is 0. The van der Waals surface area contributed by atoms with Crippen molar-refractivity contribution in [3.8, 4) is 0 Å². The number of nitrogens with two attached hydrogens (primary N) is 1. The highest BCUT2D eigenvalue weighted by molar-refractivity contribution is 5.78. The second kappa shape index (κ2) is 6.00. The van der Waals surface area contributed by atoms with Gasteiger partial charge in [0.1, 0.15) is 0 Å². The van der Waals surface area contributed by atoms with Gasteiger partial charge < -0.3 is 11.1 Å². The molecule has 1 heterocycles. The number of carbonyl (C=O) groups is 1. The number of aromatic nitrogens is 2. The Kier molecular flexibility index (Phi) is 4.36. The molecular weight excluding hydrogens is 228 g/mol. The maximum atomic E-state index is 11.9. The molecule has 0 atom stereocenters. The predicted molar refractivity (Wildman–Crippen MR) is 69.9 cm³/mol. The number of aryl methyl sites for hydroxylation is 1. The third kappa shape index (κ3) is 3.57. The third-order valence-electron chi connectivity index (χ3n) is 3.61. The first kappa shape index (κ1) is 13.1. The minimum atomic E-state index is 0.165. The summed E-state index contributed by atoms with van der Waals surface area (Å²) in [5.41, 5.74) is 6.99. The smallest absolute Gasteiger partial charge is 0.223 e. The van der Waals surface area contributed by atoms with Crippen LogP contribution < -0.4 is 11.1 Å². The summed E-state index contributed by atoms with van der Waals surface area (Å²) in [6.07, 6.45) is 8.46. The molecule has 1 saturated carbocycles. The summed E-state index contributed by atoms with van der Waals surface area (Å²) in [6, 6.07) is 0.296. The molecule has 3 N–H and O–H groups in total. The van der Waals surface area contributed by atoms with Crippen molar-refractivity contribution in [2.24, 2.45) is 18.7 Å². The monoisotopic (exact) mass is 250 g/mol. The van der Waals surface area contributed by atoms with E-state index in [4.69, 9.17) is 5.73 Å². The number of hydrogen-bond donors (Lipinski definition) is 2. The lowest BCUT2D eigenvalue weighted by atomic mass is 9.86. The van der Waals surface area contributed by atoms with Gasteiger partial charge in [0.05, 0.1) is 6.20 Å². The molecule has 1 aromatic heterocycles. The van der Waals surface area contributed by atoms with Crippen LogP contribution in [0.15, 0.2) is 12.4 Å². The first-order chi connectivity index (χ1) is 8.65. The minimum Gasteiger partial charge on any atom is -0.356 e. The van der Waals surface area contributed by atoms with Gasteiger partial charge in [-0.1, -0.05) is 0 Å². The second-order valence-corrected chi connectivity index (χ2v) is 5.17. The maximum absolute atomic E-state index is 11.9. The molecule has 0 spiro atoms. The van der Waals surface area contributed by atoms with Crippen molar-refractivity contribution < 1.29 is 4.79 Å². The van der Waals surface area contributed by atoms with Gasteiger partial charge >= 0.3 is 0 Å². The van der Waals surface area contributed by atoms with Crippen molar-refractivity contribution in [2.75, 3.05) is 6.54 Å². The SMILES string of the molecule is Cn1cc(CCNC(=O)C2CCC(N)CC2)cn1. The van der Waals surface area contributed by atoms with E-state index in [2.05, 4.69) is 10.4 Å². The topological polar surface area (TPSA) is 72.9 Å². The van der Waals surface area contributed by atoms with Crippen LogP contribution >= 0.6 is 0 Å². The van der Waals surface area contributed by atoms with Crippen LogP contribution in [-0.2, 0) is 18.3 Å². The van der Waals surface area contributed by atoms with E-state index >= 15 is 0 Å². The van der Waals surface area contributed by atoms with Gasteiger partial charge in [-0.2, -0.15) is 5.10 Å². The van der Waals surface area contributed by atoms with E-state index in [1.54, 1.807) is 4.68 Å². The Balaban J connectivity index is 1.68. The van der Waals surface area contributed by atoms with Crippen LogP contribution in [0.2, 0.25) is 0 Å². The molecule has 0 bridgehead atoms. The van der Waals surface area contributed by atoms with E-state index in [1.807, 2.05) is 19.4 Å². The molecule has 18 heavy (non-hydrogen) atoms. The normalized spacial score (nSPS) is 23.9. The van der Waals surface area contributed by atoms with Crippen LogP contribution in [0.3, 0.4) is 0 Å². The molecule has 2 rings (SSSR count). The van der Waals surface area contributed by atoms with E-state index in [1.165, 1.54) is 0 Å². The summed E-state index contributed by atoms with van der Waals surface area (Å²) in [6.45, 7) is 0.688. The maximum Gasteiger partial charge on any atom is 0.223 e. The Labute approximate surface area is 108 Å². The fourth-order valence-corrected chi connectivity index (χ4v) is 2.46. The van der Waals surface area contributed by atoms with Crippen molar-refractivity contribution in [3.05, 3.63) is 18.0 Å². The lowest BCUT2D eigenvalue weighted by Crippen LogP contribution is -2.37. The van der Waals surface area contributed by atoms with Gasteiger partial charge in [0.15, 0.2) is 0 Å². The van der Waals surface area contributed by atoms with Crippen LogP contribution in [0.5, 0.6) is 0 Å². The molecule has 0 aromatic carbocycles. The lowest BCUT2D eigenvalue weighted by molar-refractivity contribution is -0.125. The molecular formula is C13H22N4O. The molecule has 1 aromatic rings. The van der Waals surface area contributed by atoms with Crippen molar-refractivity contribution in [2.45, 2.75) is 38.1 Å². The number of nitrogens with zero attached hydrogens (tertiary/aromatic N) is 2. The van der Waals surface area contributed by atoms with Gasteiger partial charge in [-0.05, 0) is 37.7 Å². The van der Waals surface area contributed by atoms with Crippen LogP contribution in [0, 0.1) is 5.92 Å². The molecule has 0 unspecified atom stereocenters. The average molecular weight is 250 g/mol. The first-order valence-electron chi connectivity index (χ1n) is 6.66. The van der Waals surface area contributed by atoms with E-state index in [0.717, 1.165) is 37.7 Å². The van der Waals surface area contributed by atoms with E-state index < -0.39 is 0 Å². The molecule has 1 aliphatic rings. The van der Waals surface area contributed by atoms with Crippen LogP contribution in [0.25, 0.3) is 0 Å². The Hall–Kier alpha value is -1.36. The zero-order chi connectivity index (χ0) is 13.0. The molecule has 0 saturated heterocycles. The highest BCUT2D eigenvalue weighted by atomic mass is 16.1. The molecule has 1 fully saturated rings. The fourth-order valence-electron chi connectivity index (χ4n) is 2.46. The second-order valence-electron chi connectivity index (χ2n) is 5.17. The Morgan fingerprint density at radius 1 is 1.50 bits per heavy atom. The van der Waals surface area contributed by atoms with Crippen LogP contribution in [0.4, 0.5) is 0 Å². The molecule has 1 aliphatic carbocycles. The summed E-state index contributed by atoms with van der Waals surface area (Å²) in [5.74, 6) is 0.351. The van der Waals surface area contributed by atoms with E-state index in [9.17, 15) is 4.79 Å². The summed E-state index contributed by atoms with van der Waals surface area (Å²) in [7, 11) is 1.90. The molecule has 5 heteroatoms. The van der Waals surface area contributed by atoms with Gasteiger partial charge in [-0.25, -0.2) is 0 Å². The Bertz CT molecular complexity index is 393.